The van der Waals surface area contributed by atoms with Crippen LogP contribution in [0.2, 0.25) is 10.0 Å². The number of halogens is 2. The molecule has 0 aliphatic carbocycles. The van der Waals surface area contributed by atoms with Gasteiger partial charge in [-0.3, -0.25) is 4.79 Å². The molecular formula is C14H14Cl2N2O3. The predicted molar refractivity (Wildman–Crippen MR) is 79.8 cm³/mol. The van der Waals surface area contributed by atoms with Crippen molar-refractivity contribution >= 4 is 29.1 Å². The third-order valence-electron chi connectivity index (χ3n) is 2.78. The summed E-state index contributed by atoms with van der Waals surface area (Å²) in [6.45, 7) is 3.45. The Hall–Kier alpha value is -1.72. The van der Waals surface area contributed by atoms with Crippen molar-refractivity contribution in [3.8, 4) is 5.88 Å². The van der Waals surface area contributed by atoms with Gasteiger partial charge in [-0.2, -0.15) is 0 Å². The van der Waals surface area contributed by atoms with E-state index in [9.17, 15) is 4.79 Å². The highest BCUT2D eigenvalue weighted by Crippen LogP contribution is 2.25. The Bertz CT molecular complexity index is 643. The van der Waals surface area contributed by atoms with Gasteiger partial charge in [0, 0.05) is 6.07 Å². The molecule has 21 heavy (non-hydrogen) atoms. The van der Waals surface area contributed by atoms with Crippen molar-refractivity contribution in [1.82, 2.24) is 10.5 Å². The number of benzene rings is 1. The van der Waals surface area contributed by atoms with Gasteiger partial charge >= 0.3 is 0 Å². The summed E-state index contributed by atoms with van der Waals surface area (Å²) in [6.07, 6.45) is 0. The highest BCUT2D eigenvalue weighted by atomic mass is 35.5. The Labute approximate surface area is 132 Å². The van der Waals surface area contributed by atoms with E-state index in [0.717, 1.165) is 5.56 Å². The smallest absolute Gasteiger partial charge is 0.258 e. The molecule has 1 amide bonds. The molecular weight excluding hydrogens is 315 g/mol. The molecule has 1 atom stereocenters. The molecule has 1 heterocycles. The van der Waals surface area contributed by atoms with Crippen LogP contribution in [0.25, 0.3) is 0 Å². The largest absolute Gasteiger partial charge is 0.465 e. The maximum absolute atomic E-state index is 11.8. The van der Waals surface area contributed by atoms with Gasteiger partial charge in [0.1, 0.15) is 5.76 Å². The third-order valence-corrected chi connectivity index (χ3v) is 3.52. The Balaban J connectivity index is 1.88. The van der Waals surface area contributed by atoms with Gasteiger partial charge in [-0.15, -0.1) is 0 Å². The SMILES string of the molecule is Cc1cc(OCC(=O)NC(C)c2ccc(Cl)c(Cl)c2)no1. The van der Waals surface area contributed by atoms with Crippen LogP contribution in [0.15, 0.2) is 28.8 Å². The first-order valence-electron chi connectivity index (χ1n) is 6.26. The summed E-state index contributed by atoms with van der Waals surface area (Å²) in [5, 5.41) is 7.36. The number of ether oxygens (including phenoxy) is 1. The molecule has 1 aromatic heterocycles. The minimum Gasteiger partial charge on any atom is -0.465 e. The summed E-state index contributed by atoms with van der Waals surface area (Å²) in [5.41, 5.74) is 0.857. The topological polar surface area (TPSA) is 64.4 Å². The molecule has 0 bridgehead atoms. The Morgan fingerprint density at radius 1 is 1.38 bits per heavy atom. The summed E-state index contributed by atoms with van der Waals surface area (Å²) in [6, 6.07) is 6.61. The van der Waals surface area contributed by atoms with E-state index < -0.39 is 0 Å². The van der Waals surface area contributed by atoms with Gasteiger partial charge in [-0.05, 0) is 36.7 Å². The van der Waals surface area contributed by atoms with Crippen LogP contribution in [-0.2, 0) is 4.79 Å². The zero-order chi connectivity index (χ0) is 15.4. The Morgan fingerprint density at radius 2 is 2.14 bits per heavy atom. The average Bonchev–Trinajstić information content (AvgIpc) is 2.85. The maximum atomic E-state index is 11.8. The molecule has 1 unspecified atom stereocenters. The summed E-state index contributed by atoms with van der Waals surface area (Å²) in [7, 11) is 0. The fourth-order valence-corrected chi connectivity index (χ4v) is 2.01. The lowest BCUT2D eigenvalue weighted by molar-refractivity contribution is -0.123. The van der Waals surface area contributed by atoms with E-state index in [1.54, 1.807) is 31.2 Å². The molecule has 0 saturated heterocycles. The van der Waals surface area contributed by atoms with Gasteiger partial charge in [0.15, 0.2) is 6.61 Å². The number of aromatic nitrogens is 1. The van der Waals surface area contributed by atoms with Crippen LogP contribution >= 0.6 is 23.2 Å². The van der Waals surface area contributed by atoms with E-state index in [1.165, 1.54) is 0 Å². The van der Waals surface area contributed by atoms with Crippen molar-refractivity contribution in [2.24, 2.45) is 0 Å². The molecule has 0 saturated carbocycles. The molecule has 0 spiro atoms. The van der Waals surface area contributed by atoms with E-state index in [2.05, 4.69) is 10.5 Å². The first kappa shape index (κ1) is 15.7. The second-order valence-corrected chi connectivity index (χ2v) is 5.34. The summed E-state index contributed by atoms with van der Waals surface area (Å²) in [5.74, 6) is 0.633. The highest BCUT2D eigenvalue weighted by molar-refractivity contribution is 6.42. The standard InChI is InChI=1S/C14H14Cl2N2O3/c1-8-5-14(18-21-8)20-7-13(19)17-9(2)10-3-4-11(15)12(16)6-10/h3-6,9H,7H2,1-2H3,(H,17,19). The zero-order valence-electron chi connectivity index (χ0n) is 11.5. The van der Waals surface area contributed by atoms with Gasteiger partial charge in [-0.1, -0.05) is 29.3 Å². The minimum absolute atomic E-state index is 0.141. The van der Waals surface area contributed by atoms with E-state index in [4.69, 9.17) is 32.5 Å². The lowest BCUT2D eigenvalue weighted by Crippen LogP contribution is -2.31. The van der Waals surface area contributed by atoms with Crippen LogP contribution in [0.4, 0.5) is 0 Å². The van der Waals surface area contributed by atoms with Crippen LogP contribution in [0.1, 0.15) is 24.3 Å². The molecule has 1 N–H and O–H groups in total. The van der Waals surface area contributed by atoms with Gasteiger partial charge in [-0.25, -0.2) is 0 Å². The van der Waals surface area contributed by atoms with Crippen molar-refractivity contribution in [1.29, 1.82) is 0 Å². The lowest BCUT2D eigenvalue weighted by atomic mass is 10.1. The number of carbonyl (C=O) groups is 1. The molecule has 7 heteroatoms. The molecule has 1 aromatic carbocycles. The average molecular weight is 329 g/mol. The van der Waals surface area contributed by atoms with Crippen molar-refractivity contribution in [2.45, 2.75) is 19.9 Å². The minimum atomic E-state index is -0.269. The van der Waals surface area contributed by atoms with Crippen molar-refractivity contribution in [3.63, 3.8) is 0 Å². The molecule has 0 aliphatic rings. The Morgan fingerprint density at radius 3 is 2.76 bits per heavy atom. The van der Waals surface area contributed by atoms with Crippen molar-refractivity contribution in [2.75, 3.05) is 6.61 Å². The fraction of sp³-hybridized carbons (Fsp3) is 0.286. The number of amides is 1. The third kappa shape index (κ3) is 4.37. The van der Waals surface area contributed by atoms with Gasteiger partial charge in [0.05, 0.1) is 16.1 Å². The first-order valence-corrected chi connectivity index (χ1v) is 7.01. The normalized spacial score (nSPS) is 12.0. The molecule has 5 nitrogen and oxygen atoms in total. The Kier molecular flexibility index (Phi) is 5.09. The molecule has 112 valence electrons. The van der Waals surface area contributed by atoms with E-state index in [0.29, 0.717) is 15.8 Å². The zero-order valence-corrected chi connectivity index (χ0v) is 13.0. The quantitative estimate of drug-likeness (QED) is 0.911. The van der Waals surface area contributed by atoms with Crippen LogP contribution < -0.4 is 10.1 Å². The van der Waals surface area contributed by atoms with Crippen molar-refractivity contribution in [3.05, 3.63) is 45.6 Å². The number of carbonyl (C=O) groups excluding carboxylic acids is 1. The van der Waals surface area contributed by atoms with E-state index in [1.807, 2.05) is 6.92 Å². The molecule has 0 radical (unpaired) electrons. The second kappa shape index (κ2) is 6.83. The van der Waals surface area contributed by atoms with Crippen molar-refractivity contribution < 1.29 is 14.1 Å². The number of nitrogens with zero attached hydrogens (tertiary/aromatic N) is 1. The van der Waals surface area contributed by atoms with Crippen LogP contribution in [-0.4, -0.2) is 17.7 Å². The second-order valence-electron chi connectivity index (χ2n) is 4.53. The highest BCUT2D eigenvalue weighted by Gasteiger charge is 2.12. The first-order chi connectivity index (χ1) is 9.95. The summed E-state index contributed by atoms with van der Waals surface area (Å²) >= 11 is 11.8. The number of rotatable bonds is 5. The van der Waals surface area contributed by atoms with Crippen LogP contribution in [0.5, 0.6) is 5.88 Å². The number of hydrogen-bond donors (Lipinski definition) is 1. The maximum Gasteiger partial charge on any atom is 0.258 e. The van der Waals surface area contributed by atoms with Gasteiger partial charge < -0.3 is 14.6 Å². The fourth-order valence-electron chi connectivity index (χ4n) is 1.70. The van der Waals surface area contributed by atoms with E-state index in [-0.39, 0.29) is 24.4 Å². The van der Waals surface area contributed by atoms with Gasteiger partial charge in [0.25, 0.3) is 11.8 Å². The molecule has 0 aliphatic heterocycles. The monoisotopic (exact) mass is 328 g/mol. The van der Waals surface area contributed by atoms with Crippen LogP contribution in [0.3, 0.4) is 0 Å². The van der Waals surface area contributed by atoms with E-state index >= 15 is 0 Å². The molecule has 0 fully saturated rings. The number of nitrogens with one attached hydrogen (secondary N) is 1. The number of aryl methyl sites for hydroxylation is 1. The predicted octanol–water partition coefficient (Wildman–Crippen LogP) is 3.55. The van der Waals surface area contributed by atoms with Gasteiger partial charge in [0.2, 0.25) is 0 Å². The molecule has 2 rings (SSSR count). The van der Waals surface area contributed by atoms with Crippen LogP contribution in [0, 0.1) is 6.92 Å². The molecule has 2 aromatic rings. The lowest BCUT2D eigenvalue weighted by Gasteiger charge is -2.14. The number of hydrogen-bond acceptors (Lipinski definition) is 4. The summed E-state index contributed by atoms with van der Waals surface area (Å²) < 4.78 is 10.0. The summed E-state index contributed by atoms with van der Waals surface area (Å²) in [4.78, 5) is 11.8.